The van der Waals surface area contributed by atoms with Crippen LogP contribution in [0.4, 0.5) is 0 Å². The average Bonchev–Trinajstić information content (AvgIpc) is 3.46. The number of aryl methyl sites for hydroxylation is 2. The molecular weight excluding hydrogens is 440 g/mol. The first-order valence-corrected chi connectivity index (χ1v) is 12.2. The zero-order chi connectivity index (χ0) is 24.2. The van der Waals surface area contributed by atoms with Gasteiger partial charge in [-0.3, -0.25) is 4.57 Å². The first-order chi connectivity index (χ1) is 17.6. The van der Waals surface area contributed by atoms with Crippen LogP contribution in [0.5, 0.6) is 0 Å². The highest BCUT2D eigenvalue weighted by Crippen LogP contribution is 2.37. The zero-order valence-corrected chi connectivity index (χ0v) is 20.2. The van der Waals surface area contributed by atoms with Gasteiger partial charge in [-0.25, -0.2) is 0 Å². The van der Waals surface area contributed by atoms with Crippen LogP contribution in [0.2, 0.25) is 0 Å². The molecule has 2 heterocycles. The first kappa shape index (κ1) is 20.7. The van der Waals surface area contributed by atoms with Crippen molar-refractivity contribution < 1.29 is 4.42 Å². The lowest BCUT2D eigenvalue weighted by atomic mass is 9.99. The zero-order valence-electron chi connectivity index (χ0n) is 20.2. The van der Waals surface area contributed by atoms with E-state index in [0.717, 1.165) is 22.1 Å². The molecule has 0 aliphatic carbocycles. The number of para-hydroxylation sites is 2. The van der Waals surface area contributed by atoms with Crippen molar-refractivity contribution in [3.8, 4) is 28.3 Å². The molecule has 36 heavy (non-hydrogen) atoms. The molecule has 5 aromatic carbocycles. The van der Waals surface area contributed by atoms with Gasteiger partial charge in [-0.15, -0.1) is 0 Å². The molecule has 172 valence electrons. The number of hydrogen-bond acceptors (Lipinski definition) is 2. The maximum atomic E-state index is 6.24. The molecule has 7 aromatic rings. The SMILES string of the molecule is Cc1cccc(-c2ccc3c(c2)c2cc(-c4cccc(C)c4)ccc2n3-c2nc3ccccc3o2)c1. The van der Waals surface area contributed by atoms with Gasteiger partial charge in [0, 0.05) is 10.8 Å². The van der Waals surface area contributed by atoms with Gasteiger partial charge in [0.2, 0.25) is 0 Å². The van der Waals surface area contributed by atoms with Crippen molar-refractivity contribution in [3.05, 3.63) is 120 Å². The summed E-state index contributed by atoms with van der Waals surface area (Å²) in [5.74, 6) is 0. The quantitative estimate of drug-likeness (QED) is 0.261. The Morgan fingerprint density at radius 3 is 1.67 bits per heavy atom. The van der Waals surface area contributed by atoms with Crippen LogP contribution in [0.3, 0.4) is 0 Å². The lowest BCUT2D eigenvalue weighted by molar-refractivity contribution is 0.574. The first-order valence-electron chi connectivity index (χ1n) is 12.2. The molecule has 2 aromatic heterocycles. The van der Waals surface area contributed by atoms with Crippen molar-refractivity contribution in [2.75, 3.05) is 0 Å². The van der Waals surface area contributed by atoms with E-state index in [1.165, 1.54) is 44.2 Å². The van der Waals surface area contributed by atoms with Gasteiger partial charge in [-0.05, 0) is 72.5 Å². The van der Waals surface area contributed by atoms with Gasteiger partial charge < -0.3 is 4.42 Å². The molecule has 0 aliphatic rings. The third-order valence-corrected chi connectivity index (χ3v) is 6.94. The Hall–Kier alpha value is -4.63. The van der Waals surface area contributed by atoms with Crippen molar-refractivity contribution in [1.29, 1.82) is 0 Å². The molecule has 0 saturated carbocycles. The Morgan fingerprint density at radius 1 is 0.556 bits per heavy atom. The van der Waals surface area contributed by atoms with Gasteiger partial charge in [-0.1, -0.05) is 83.9 Å². The van der Waals surface area contributed by atoms with E-state index in [-0.39, 0.29) is 0 Å². The summed E-state index contributed by atoms with van der Waals surface area (Å²) in [5.41, 5.74) is 11.1. The Kier molecular flexibility index (Phi) is 4.58. The Morgan fingerprint density at radius 2 is 1.11 bits per heavy atom. The van der Waals surface area contributed by atoms with E-state index < -0.39 is 0 Å². The lowest BCUT2D eigenvalue weighted by Crippen LogP contribution is -1.93. The van der Waals surface area contributed by atoms with Gasteiger partial charge in [-0.2, -0.15) is 4.98 Å². The number of hydrogen-bond donors (Lipinski definition) is 0. The predicted molar refractivity (Wildman–Crippen MR) is 149 cm³/mol. The second-order valence-corrected chi connectivity index (χ2v) is 9.50. The van der Waals surface area contributed by atoms with Crippen LogP contribution in [0.15, 0.2) is 114 Å². The third kappa shape index (κ3) is 3.32. The van der Waals surface area contributed by atoms with Crippen molar-refractivity contribution in [2.45, 2.75) is 13.8 Å². The Labute approximate surface area is 209 Å². The smallest absolute Gasteiger partial charge is 0.307 e. The molecule has 0 fully saturated rings. The summed E-state index contributed by atoms with van der Waals surface area (Å²) in [5, 5.41) is 2.36. The fraction of sp³-hybridized carbons (Fsp3) is 0.0606. The molecule has 0 unspecified atom stereocenters. The van der Waals surface area contributed by atoms with Crippen LogP contribution >= 0.6 is 0 Å². The van der Waals surface area contributed by atoms with E-state index in [1.807, 2.05) is 24.3 Å². The second kappa shape index (κ2) is 7.96. The number of fused-ring (bicyclic) bond motifs is 4. The Bertz CT molecular complexity index is 1790. The number of aromatic nitrogens is 2. The lowest BCUT2D eigenvalue weighted by Gasteiger charge is -2.05. The molecule has 0 bridgehead atoms. The molecule has 0 aliphatic heterocycles. The minimum atomic E-state index is 0.586. The highest BCUT2D eigenvalue weighted by atomic mass is 16.4. The topological polar surface area (TPSA) is 31.0 Å². The van der Waals surface area contributed by atoms with E-state index >= 15 is 0 Å². The minimum Gasteiger partial charge on any atom is -0.423 e. The van der Waals surface area contributed by atoms with Crippen molar-refractivity contribution in [2.24, 2.45) is 0 Å². The summed E-state index contributed by atoms with van der Waals surface area (Å²) >= 11 is 0. The third-order valence-electron chi connectivity index (χ3n) is 6.94. The summed E-state index contributed by atoms with van der Waals surface area (Å²) in [6.45, 7) is 4.27. The second-order valence-electron chi connectivity index (χ2n) is 9.50. The van der Waals surface area contributed by atoms with Crippen LogP contribution in [-0.4, -0.2) is 9.55 Å². The van der Waals surface area contributed by atoms with Crippen LogP contribution in [-0.2, 0) is 0 Å². The van der Waals surface area contributed by atoms with E-state index in [9.17, 15) is 0 Å². The molecule has 0 N–H and O–H groups in total. The summed E-state index contributed by atoms with van der Waals surface area (Å²) in [6.07, 6.45) is 0. The van der Waals surface area contributed by atoms with Crippen LogP contribution in [0.1, 0.15) is 11.1 Å². The molecular formula is C33H24N2O. The highest BCUT2D eigenvalue weighted by molar-refractivity contribution is 6.11. The predicted octanol–water partition coefficient (Wildman–Crippen LogP) is 8.88. The molecule has 0 amide bonds. The number of oxazole rings is 1. The fourth-order valence-electron chi connectivity index (χ4n) is 5.19. The van der Waals surface area contributed by atoms with Gasteiger partial charge in [0.1, 0.15) is 5.52 Å². The van der Waals surface area contributed by atoms with E-state index in [4.69, 9.17) is 9.40 Å². The monoisotopic (exact) mass is 464 g/mol. The van der Waals surface area contributed by atoms with Gasteiger partial charge in [0.15, 0.2) is 5.58 Å². The summed E-state index contributed by atoms with van der Waals surface area (Å²) < 4.78 is 8.39. The van der Waals surface area contributed by atoms with Crippen LogP contribution in [0, 0.1) is 13.8 Å². The molecule has 0 spiro atoms. The van der Waals surface area contributed by atoms with Gasteiger partial charge >= 0.3 is 6.01 Å². The van der Waals surface area contributed by atoms with Crippen molar-refractivity contribution >= 4 is 32.9 Å². The molecule has 0 radical (unpaired) electrons. The fourth-order valence-corrected chi connectivity index (χ4v) is 5.19. The Balaban J connectivity index is 1.53. The largest absolute Gasteiger partial charge is 0.423 e. The van der Waals surface area contributed by atoms with E-state index in [1.54, 1.807) is 0 Å². The van der Waals surface area contributed by atoms with Crippen LogP contribution in [0.25, 0.3) is 61.2 Å². The molecule has 3 heteroatoms. The van der Waals surface area contributed by atoms with Gasteiger partial charge in [0.05, 0.1) is 11.0 Å². The molecule has 0 saturated heterocycles. The van der Waals surface area contributed by atoms with Crippen LogP contribution < -0.4 is 0 Å². The van der Waals surface area contributed by atoms with Gasteiger partial charge in [0.25, 0.3) is 0 Å². The molecule has 7 rings (SSSR count). The normalized spacial score (nSPS) is 11.6. The number of nitrogens with zero attached hydrogens (tertiary/aromatic N) is 2. The maximum absolute atomic E-state index is 6.24. The molecule has 0 atom stereocenters. The highest BCUT2D eigenvalue weighted by Gasteiger charge is 2.18. The van der Waals surface area contributed by atoms with Crippen molar-refractivity contribution in [3.63, 3.8) is 0 Å². The summed E-state index contributed by atoms with van der Waals surface area (Å²) in [7, 11) is 0. The average molecular weight is 465 g/mol. The molecule has 3 nitrogen and oxygen atoms in total. The summed E-state index contributed by atoms with van der Waals surface area (Å²) in [6, 6.07) is 39.2. The summed E-state index contributed by atoms with van der Waals surface area (Å²) in [4.78, 5) is 4.84. The van der Waals surface area contributed by atoms with E-state index in [0.29, 0.717) is 6.01 Å². The number of rotatable bonds is 3. The van der Waals surface area contributed by atoms with Crippen molar-refractivity contribution in [1.82, 2.24) is 9.55 Å². The van der Waals surface area contributed by atoms with E-state index in [2.05, 4.69) is 103 Å². The minimum absolute atomic E-state index is 0.586. The number of benzene rings is 5. The standard InChI is InChI=1S/C33H24N2O/c1-21-7-5-9-23(17-21)25-13-15-30-27(19-25)28-20-26(24-10-6-8-22(2)18-24)14-16-31(28)35(30)33-34-29-11-3-4-12-32(29)36-33/h3-20H,1-2H3. The maximum Gasteiger partial charge on any atom is 0.307 e.